The highest BCUT2D eigenvalue weighted by atomic mass is 19.3. The van der Waals surface area contributed by atoms with Crippen molar-refractivity contribution in [1.82, 2.24) is 4.48 Å². The zero-order valence-electron chi connectivity index (χ0n) is 36.6. The van der Waals surface area contributed by atoms with E-state index in [9.17, 15) is 26.3 Å². The number of aryl methyl sites for hydroxylation is 1. The van der Waals surface area contributed by atoms with Gasteiger partial charge >= 0.3 is 7.25 Å². The molecule has 2 heterocycles. The molecule has 63 heavy (non-hydrogen) atoms. The number of aliphatic imine (C=N–C) groups is 1. The van der Waals surface area contributed by atoms with Gasteiger partial charge in [-0.3, -0.25) is 0 Å². The van der Waals surface area contributed by atoms with Crippen molar-refractivity contribution in [2.24, 2.45) is 4.99 Å². The van der Waals surface area contributed by atoms with Gasteiger partial charge in [-0.2, -0.15) is 0 Å². The summed E-state index contributed by atoms with van der Waals surface area (Å²) in [4.78, 5) is 5.37. The van der Waals surface area contributed by atoms with E-state index in [1.165, 1.54) is 4.48 Å². The fraction of sp³-hybridized carbons (Fsp3) is 0.288. The standard InChI is InChI=1S/C52H51BF6N2O2/c1-34-17-19-38(20-18-34)46-41-15-11-12-16-42(41)47(60-46)45(37-13-9-8-10-14-37)48-43(35-21-25-39(26-22-35)49(2,3)4)29-44(36-23-27-40(28-24-36)50(5,6)7)61(48)53(62-32-51(56,57)30-54)63-33-52(58,59)31-55/h8-29H,30-33H2,1-7H3/b47-45-. The molecule has 0 N–H and O–H groups in total. The maximum absolute atomic E-state index is 14.9. The molecule has 326 valence electrons. The number of rotatable bonds is 14. The number of aromatic nitrogens is 1. The van der Waals surface area contributed by atoms with E-state index in [4.69, 9.17) is 14.3 Å². The minimum absolute atomic E-state index is 0.199. The molecule has 6 aromatic rings. The van der Waals surface area contributed by atoms with Crippen LogP contribution in [0.15, 0.2) is 138 Å². The fourth-order valence-corrected chi connectivity index (χ4v) is 7.63. The lowest BCUT2D eigenvalue weighted by atomic mass is 9.85. The first-order valence-corrected chi connectivity index (χ1v) is 20.9. The molecule has 0 radical (unpaired) electrons. The molecule has 0 fully saturated rings. The highest BCUT2D eigenvalue weighted by molar-refractivity contribution is 6.44. The van der Waals surface area contributed by atoms with Gasteiger partial charge in [0.15, 0.2) is 13.3 Å². The maximum atomic E-state index is 14.9. The van der Waals surface area contributed by atoms with Gasteiger partial charge < -0.3 is 13.8 Å². The second-order valence-corrected chi connectivity index (χ2v) is 18.2. The molecule has 0 saturated heterocycles. The summed E-state index contributed by atoms with van der Waals surface area (Å²) >= 11 is 0. The minimum Gasteiger partial charge on any atom is -0.385 e. The summed E-state index contributed by atoms with van der Waals surface area (Å²) in [6.45, 7) is 7.31. The summed E-state index contributed by atoms with van der Waals surface area (Å²) in [5, 5.41) is 0. The molecule has 11 heteroatoms. The number of halogens is 6. The first-order chi connectivity index (χ1) is 29.8. The molecule has 0 amide bonds. The summed E-state index contributed by atoms with van der Waals surface area (Å²) in [6, 6.07) is 42.5. The first-order valence-electron chi connectivity index (χ1n) is 20.9. The van der Waals surface area contributed by atoms with E-state index in [1.807, 2.05) is 140 Å². The molecule has 1 aliphatic rings. The Morgan fingerprint density at radius 1 is 0.571 bits per heavy atom. The van der Waals surface area contributed by atoms with E-state index in [-0.39, 0.29) is 10.8 Å². The lowest BCUT2D eigenvalue weighted by Gasteiger charge is -2.26. The predicted molar refractivity (Wildman–Crippen MR) is 243 cm³/mol. The van der Waals surface area contributed by atoms with Crippen molar-refractivity contribution in [1.29, 1.82) is 0 Å². The smallest absolute Gasteiger partial charge is 0.385 e. The van der Waals surface area contributed by atoms with E-state index >= 15 is 0 Å². The van der Waals surface area contributed by atoms with Crippen LogP contribution in [-0.2, 0) is 20.1 Å². The van der Waals surface area contributed by atoms with Crippen LogP contribution >= 0.6 is 0 Å². The van der Waals surface area contributed by atoms with E-state index in [0.717, 1.165) is 33.4 Å². The third-order valence-electron chi connectivity index (χ3n) is 11.1. The van der Waals surface area contributed by atoms with Gasteiger partial charge in [-0.25, -0.2) is 31.3 Å². The second kappa shape index (κ2) is 17.9. The Morgan fingerprint density at radius 2 is 1.05 bits per heavy atom. The summed E-state index contributed by atoms with van der Waals surface area (Å²) < 4.78 is 100. The average Bonchev–Trinajstić information content (AvgIpc) is 3.84. The molecule has 0 spiro atoms. The zero-order valence-corrected chi connectivity index (χ0v) is 36.6. The molecule has 5 aromatic carbocycles. The summed E-state index contributed by atoms with van der Waals surface area (Å²) in [6.07, 6.45) is 0. The average molecular weight is 861 g/mol. The van der Waals surface area contributed by atoms with Crippen molar-refractivity contribution in [3.05, 3.63) is 178 Å². The number of hydrogen-bond donors (Lipinski definition) is 0. The van der Waals surface area contributed by atoms with Crippen molar-refractivity contribution in [2.75, 3.05) is 26.6 Å². The normalized spacial score (nSPS) is 14.1. The molecule has 0 atom stereocenters. The monoisotopic (exact) mass is 860 g/mol. The highest BCUT2D eigenvalue weighted by Crippen LogP contribution is 2.46. The van der Waals surface area contributed by atoms with Crippen molar-refractivity contribution in [3.8, 4) is 22.4 Å². The largest absolute Gasteiger partial charge is 0.598 e. The van der Waals surface area contributed by atoms with Gasteiger partial charge in [-0.05, 0) is 51.6 Å². The van der Waals surface area contributed by atoms with E-state index < -0.39 is 45.7 Å². The van der Waals surface area contributed by atoms with Crippen LogP contribution < -0.4 is 0 Å². The summed E-state index contributed by atoms with van der Waals surface area (Å²) in [7, 11) is -2.05. The van der Waals surface area contributed by atoms with Crippen molar-refractivity contribution >= 4 is 24.2 Å². The number of fused-ring (bicyclic) bond motifs is 1. The highest BCUT2D eigenvalue weighted by Gasteiger charge is 2.41. The summed E-state index contributed by atoms with van der Waals surface area (Å²) in [5.41, 5.74) is 10.0. The molecule has 4 nitrogen and oxygen atoms in total. The van der Waals surface area contributed by atoms with Crippen LogP contribution in [0.2, 0.25) is 0 Å². The Labute approximate surface area is 366 Å². The van der Waals surface area contributed by atoms with E-state index in [1.54, 1.807) is 0 Å². The van der Waals surface area contributed by atoms with Gasteiger partial charge in [0.05, 0.1) is 30.3 Å². The Balaban J connectivity index is 1.65. The third kappa shape index (κ3) is 9.95. The lowest BCUT2D eigenvalue weighted by Crippen LogP contribution is -2.42. The summed E-state index contributed by atoms with van der Waals surface area (Å²) in [5.74, 6) is -8.01. The SMILES string of the molecule is Cc1ccc(C2=N/C(=C(/c3ccccc3)c3c(-c4ccc(C(C)(C)C)cc4)cc(-c4ccc(C(C)(C)C)cc4)n3B(OCC(F)(F)CF)OCC(F)(F)CF)c3ccccc32)cc1. The van der Waals surface area contributed by atoms with Crippen LogP contribution in [-0.4, -0.2) is 55.9 Å². The molecule has 7 rings (SSSR count). The molecule has 0 unspecified atom stereocenters. The molecular weight excluding hydrogens is 809 g/mol. The Hall–Kier alpha value is -5.65. The van der Waals surface area contributed by atoms with Crippen molar-refractivity contribution < 1.29 is 35.7 Å². The molecule has 0 bridgehead atoms. The van der Waals surface area contributed by atoms with Crippen LogP contribution in [0.25, 0.3) is 33.7 Å². The fourth-order valence-electron chi connectivity index (χ4n) is 7.63. The Kier molecular flexibility index (Phi) is 12.9. The van der Waals surface area contributed by atoms with Gasteiger partial charge in [-0.15, -0.1) is 0 Å². The molecule has 1 aromatic heterocycles. The Bertz CT molecular complexity index is 2590. The lowest BCUT2D eigenvalue weighted by molar-refractivity contribution is -0.0824. The van der Waals surface area contributed by atoms with Gasteiger partial charge in [0.25, 0.3) is 11.8 Å². The van der Waals surface area contributed by atoms with Crippen LogP contribution in [0.4, 0.5) is 26.3 Å². The molecular formula is C52H51BF6N2O2. The number of alkyl halides is 6. The van der Waals surface area contributed by atoms with Crippen LogP contribution in [0.3, 0.4) is 0 Å². The second-order valence-electron chi connectivity index (χ2n) is 18.2. The quantitative estimate of drug-likeness (QED) is 0.0808. The molecule has 0 saturated carbocycles. The van der Waals surface area contributed by atoms with Gasteiger partial charge in [0.2, 0.25) is 0 Å². The topological polar surface area (TPSA) is 35.8 Å². The third-order valence-corrected chi connectivity index (χ3v) is 11.1. The van der Waals surface area contributed by atoms with Crippen molar-refractivity contribution in [2.45, 2.75) is 71.1 Å². The molecule has 0 aliphatic carbocycles. The molecule has 1 aliphatic heterocycles. The van der Waals surface area contributed by atoms with Gasteiger partial charge in [-0.1, -0.05) is 174 Å². The maximum Gasteiger partial charge on any atom is 0.598 e. The number of nitrogens with zero attached hydrogens (tertiary/aromatic N) is 2. The van der Waals surface area contributed by atoms with E-state index in [2.05, 4.69) is 41.5 Å². The Morgan fingerprint density at radius 3 is 1.56 bits per heavy atom. The number of hydrogen-bond acceptors (Lipinski definition) is 3. The van der Waals surface area contributed by atoms with Crippen LogP contribution in [0.1, 0.15) is 86.2 Å². The first kappa shape index (κ1) is 45.4. The van der Waals surface area contributed by atoms with Gasteiger partial charge in [0, 0.05) is 33.5 Å². The minimum atomic E-state index is -4.00. The van der Waals surface area contributed by atoms with E-state index in [0.29, 0.717) is 50.6 Å². The van der Waals surface area contributed by atoms with Crippen LogP contribution in [0.5, 0.6) is 0 Å². The zero-order chi connectivity index (χ0) is 45.3. The number of benzene rings is 5. The van der Waals surface area contributed by atoms with Crippen molar-refractivity contribution in [3.63, 3.8) is 0 Å². The van der Waals surface area contributed by atoms with Gasteiger partial charge in [0.1, 0.15) is 0 Å². The predicted octanol–water partition coefficient (Wildman–Crippen LogP) is 13.6. The van der Waals surface area contributed by atoms with Crippen LogP contribution in [0, 0.1) is 6.92 Å².